The van der Waals surface area contributed by atoms with Crippen molar-refractivity contribution in [2.45, 2.75) is 33.2 Å². The van der Waals surface area contributed by atoms with Crippen molar-refractivity contribution in [3.63, 3.8) is 0 Å². The van der Waals surface area contributed by atoms with Crippen LogP contribution >= 0.6 is 0 Å². The van der Waals surface area contributed by atoms with Crippen LogP contribution in [-0.2, 0) is 11.2 Å². The van der Waals surface area contributed by atoms with E-state index in [1.807, 2.05) is 26.8 Å². The second-order valence-electron chi connectivity index (χ2n) is 7.16. The molecule has 0 aliphatic carbocycles. The van der Waals surface area contributed by atoms with Gasteiger partial charge < -0.3 is 9.84 Å². The number of nitrogens with zero attached hydrogens (tertiary/aromatic N) is 3. The highest BCUT2D eigenvalue weighted by atomic mass is 19.1. The summed E-state index contributed by atoms with van der Waals surface area (Å²) >= 11 is 0. The van der Waals surface area contributed by atoms with Crippen LogP contribution in [0.15, 0.2) is 53.3 Å². The summed E-state index contributed by atoms with van der Waals surface area (Å²) in [5.41, 5.74) is 1.57. The smallest absolute Gasteiger partial charge is 0.249 e. The van der Waals surface area contributed by atoms with E-state index in [-0.39, 0.29) is 23.6 Å². The molecule has 2 aromatic heterocycles. The second kappa shape index (κ2) is 8.73. The van der Waals surface area contributed by atoms with E-state index < -0.39 is 6.04 Å². The fourth-order valence-corrected chi connectivity index (χ4v) is 2.90. The molecule has 3 aromatic rings. The molecular formula is C21H23FN4O2. The molecule has 28 heavy (non-hydrogen) atoms. The first-order valence-electron chi connectivity index (χ1n) is 9.23. The van der Waals surface area contributed by atoms with Crippen molar-refractivity contribution in [3.05, 3.63) is 66.1 Å². The fraction of sp³-hybridized carbons (Fsp3) is 0.333. The van der Waals surface area contributed by atoms with Crippen LogP contribution in [0.4, 0.5) is 4.39 Å². The molecule has 1 amide bonds. The molecule has 7 heteroatoms. The van der Waals surface area contributed by atoms with Crippen molar-refractivity contribution in [3.8, 4) is 11.4 Å². The zero-order chi connectivity index (χ0) is 20.1. The van der Waals surface area contributed by atoms with E-state index >= 15 is 0 Å². The number of amides is 1. The number of hydrogen-bond acceptors (Lipinski definition) is 5. The monoisotopic (exact) mass is 382 g/mol. The quantitative estimate of drug-likeness (QED) is 0.669. The molecule has 2 heterocycles. The third-order valence-corrected chi connectivity index (χ3v) is 4.49. The minimum atomic E-state index is -0.412. The molecule has 6 nitrogen and oxygen atoms in total. The minimum absolute atomic E-state index is 0.0519. The molecule has 0 aliphatic rings. The van der Waals surface area contributed by atoms with Gasteiger partial charge in [-0.05, 0) is 42.2 Å². The number of aromatic nitrogens is 3. The molecule has 1 aromatic carbocycles. The topological polar surface area (TPSA) is 80.9 Å². The van der Waals surface area contributed by atoms with Crippen molar-refractivity contribution >= 4 is 5.91 Å². The Kier molecular flexibility index (Phi) is 6.13. The Morgan fingerprint density at radius 1 is 1.18 bits per heavy atom. The lowest BCUT2D eigenvalue weighted by molar-refractivity contribution is -0.125. The van der Waals surface area contributed by atoms with Crippen molar-refractivity contribution in [1.82, 2.24) is 20.4 Å². The first kappa shape index (κ1) is 19.7. The summed E-state index contributed by atoms with van der Waals surface area (Å²) in [6, 6.07) is 9.46. The average molecular weight is 382 g/mol. The number of benzene rings is 1. The summed E-state index contributed by atoms with van der Waals surface area (Å²) in [7, 11) is 0. The van der Waals surface area contributed by atoms with E-state index in [0.29, 0.717) is 18.1 Å². The summed E-state index contributed by atoms with van der Waals surface area (Å²) in [5.74, 6) is 0.0752. The molecular weight excluding hydrogens is 359 g/mol. The average Bonchev–Trinajstić information content (AvgIpc) is 3.16. The summed E-state index contributed by atoms with van der Waals surface area (Å²) in [6.07, 6.45) is 3.75. The molecule has 0 fully saturated rings. The number of carbonyl (C=O) groups excluding carboxylic acids is 1. The summed E-state index contributed by atoms with van der Waals surface area (Å²) in [4.78, 5) is 21.1. The lowest BCUT2D eigenvalue weighted by Gasteiger charge is -2.21. The van der Waals surface area contributed by atoms with Gasteiger partial charge in [-0.3, -0.25) is 9.78 Å². The predicted octanol–water partition coefficient (Wildman–Crippen LogP) is 3.96. The van der Waals surface area contributed by atoms with Gasteiger partial charge in [-0.25, -0.2) is 4.39 Å². The third-order valence-electron chi connectivity index (χ3n) is 4.49. The molecule has 0 saturated carbocycles. The Hall–Kier alpha value is -3.09. The van der Waals surface area contributed by atoms with Gasteiger partial charge in [0.1, 0.15) is 11.9 Å². The van der Waals surface area contributed by atoms with Gasteiger partial charge in [-0.2, -0.15) is 4.98 Å². The zero-order valence-corrected chi connectivity index (χ0v) is 16.1. The van der Waals surface area contributed by atoms with Crippen LogP contribution in [-0.4, -0.2) is 21.0 Å². The fourth-order valence-electron chi connectivity index (χ4n) is 2.90. The molecule has 0 radical (unpaired) electrons. The van der Waals surface area contributed by atoms with E-state index in [2.05, 4.69) is 20.4 Å². The maximum Gasteiger partial charge on any atom is 0.249 e. The molecule has 2 unspecified atom stereocenters. The van der Waals surface area contributed by atoms with Crippen LogP contribution in [0.3, 0.4) is 0 Å². The zero-order valence-electron chi connectivity index (χ0n) is 16.1. The van der Waals surface area contributed by atoms with E-state index in [1.165, 1.54) is 12.1 Å². The third kappa shape index (κ3) is 4.79. The molecule has 0 saturated heterocycles. The first-order chi connectivity index (χ1) is 13.4. The van der Waals surface area contributed by atoms with Gasteiger partial charge in [-0.15, -0.1) is 0 Å². The van der Waals surface area contributed by atoms with E-state index in [1.54, 1.807) is 30.6 Å². The summed E-state index contributed by atoms with van der Waals surface area (Å²) in [5, 5.41) is 7.00. The van der Waals surface area contributed by atoms with Gasteiger partial charge in [0, 0.05) is 23.9 Å². The molecule has 0 spiro atoms. The Labute approximate surface area is 163 Å². The largest absolute Gasteiger partial charge is 0.344 e. The number of hydrogen-bond donors (Lipinski definition) is 1. The van der Waals surface area contributed by atoms with Crippen molar-refractivity contribution in [1.29, 1.82) is 0 Å². The van der Waals surface area contributed by atoms with Gasteiger partial charge in [0.05, 0.1) is 0 Å². The van der Waals surface area contributed by atoms with Crippen LogP contribution in [0.1, 0.15) is 38.3 Å². The summed E-state index contributed by atoms with van der Waals surface area (Å²) < 4.78 is 18.8. The summed E-state index contributed by atoms with van der Waals surface area (Å²) in [6.45, 7) is 5.75. The molecule has 1 N–H and O–H groups in total. The van der Waals surface area contributed by atoms with E-state index in [0.717, 1.165) is 11.1 Å². The minimum Gasteiger partial charge on any atom is -0.344 e. The highest BCUT2D eigenvalue weighted by Crippen LogP contribution is 2.24. The predicted molar refractivity (Wildman–Crippen MR) is 103 cm³/mol. The Morgan fingerprint density at radius 2 is 1.93 bits per heavy atom. The van der Waals surface area contributed by atoms with Crippen LogP contribution in [0.5, 0.6) is 0 Å². The van der Waals surface area contributed by atoms with E-state index in [9.17, 15) is 9.18 Å². The van der Waals surface area contributed by atoms with Gasteiger partial charge >= 0.3 is 0 Å². The Bertz CT molecular complexity index is 927. The first-order valence-corrected chi connectivity index (χ1v) is 9.23. The number of nitrogens with one attached hydrogen (secondary N) is 1. The van der Waals surface area contributed by atoms with Gasteiger partial charge in [0.15, 0.2) is 0 Å². The molecule has 146 valence electrons. The van der Waals surface area contributed by atoms with Crippen LogP contribution in [0.2, 0.25) is 0 Å². The standard InChI is InChI=1S/C21H23FN4O2/c1-13(2)18(21-25-19(26-28-21)16-7-9-23-10-8-16)24-20(27)14(3)11-15-5-4-6-17(22)12-15/h4-10,12-14,18H,11H2,1-3H3,(H,24,27). The lowest BCUT2D eigenvalue weighted by atomic mass is 9.98. The number of halogens is 1. The second-order valence-corrected chi connectivity index (χ2v) is 7.16. The molecule has 2 atom stereocenters. The van der Waals surface area contributed by atoms with Gasteiger partial charge in [0.25, 0.3) is 0 Å². The van der Waals surface area contributed by atoms with Gasteiger partial charge in [0.2, 0.25) is 17.6 Å². The van der Waals surface area contributed by atoms with E-state index in [4.69, 9.17) is 4.52 Å². The normalized spacial score (nSPS) is 13.3. The highest BCUT2D eigenvalue weighted by molar-refractivity contribution is 5.79. The Balaban J connectivity index is 1.70. The maximum atomic E-state index is 13.4. The van der Waals surface area contributed by atoms with Crippen LogP contribution in [0, 0.1) is 17.7 Å². The van der Waals surface area contributed by atoms with Crippen molar-refractivity contribution in [2.75, 3.05) is 0 Å². The molecule has 0 bridgehead atoms. The van der Waals surface area contributed by atoms with Gasteiger partial charge in [-0.1, -0.05) is 38.1 Å². The number of pyridine rings is 1. The van der Waals surface area contributed by atoms with Crippen molar-refractivity contribution < 1.29 is 13.7 Å². The lowest BCUT2D eigenvalue weighted by Crippen LogP contribution is -2.36. The highest BCUT2D eigenvalue weighted by Gasteiger charge is 2.27. The Morgan fingerprint density at radius 3 is 2.61 bits per heavy atom. The van der Waals surface area contributed by atoms with Crippen LogP contribution in [0.25, 0.3) is 11.4 Å². The maximum absolute atomic E-state index is 13.4. The number of rotatable bonds is 7. The molecule has 3 rings (SSSR count). The number of carbonyl (C=O) groups is 1. The SMILES string of the molecule is CC(Cc1cccc(F)c1)C(=O)NC(c1nc(-c2ccncc2)no1)C(C)C. The van der Waals surface area contributed by atoms with Crippen LogP contribution < -0.4 is 5.32 Å². The molecule has 0 aliphatic heterocycles. The van der Waals surface area contributed by atoms with Crippen molar-refractivity contribution in [2.24, 2.45) is 11.8 Å².